The van der Waals surface area contributed by atoms with Crippen LogP contribution >= 0.6 is 0 Å². The molecule has 0 unspecified atom stereocenters. The first kappa shape index (κ1) is 11.8. The average Bonchev–Trinajstić information content (AvgIpc) is 2.24. The van der Waals surface area contributed by atoms with Crippen molar-refractivity contribution in [3.8, 4) is 5.75 Å². The molecule has 0 radical (unpaired) electrons. The Kier molecular flexibility index (Phi) is 4.88. The van der Waals surface area contributed by atoms with Crippen molar-refractivity contribution in [2.45, 2.75) is 33.1 Å². The van der Waals surface area contributed by atoms with Crippen LogP contribution in [-0.4, -0.2) is 12.4 Å². The van der Waals surface area contributed by atoms with E-state index in [2.05, 4.69) is 6.92 Å². The van der Waals surface area contributed by atoms with Crippen LogP contribution in [0.2, 0.25) is 0 Å². The highest BCUT2D eigenvalue weighted by molar-refractivity contribution is 5.75. The lowest BCUT2D eigenvalue weighted by molar-refractivity contribution is -0.116. The molecule has 15 heavy (non-hydrogen) atoms. The van der Waals surface area contributed by atoms with Crippen molar-refractivity contribution < 1.29 is 9.53 Å². The van der Waals surface area contributed by atoms with E-state index in [1.54, 1.807) is 6.92 Å². The molecular weight excluding hydrogens is 188 g/mol. The van der Waals surface area contributed by atoms with E-state index in [0.717, 1.165) is 30.8 Å². The topological polar surface area (TPSA) is 26.3 Å². The average molecular weight is 206 g/mol. The van der Waals surface area contributed by atoms with Gasteiger partial charge in [0.15, 0.2) is 0 Å². The standard InChI is InChI=1S/C13H18O2/c1-3-10-15-13-7-5-4-6-12(13)9-8-11(2)14/h4-7H,3,8-10H2,1-2H3. The molecular formula is C13H18O2. The lowest BCUT2D eigenvalue weighted by atomic mass is 10.1. The summed E-state index contributed by atoms with van der Waals surface area (Å²) in [5, 5.41) is 0. The zero-order valence-corrected chi connectivity index (χ0v) is 9.45. The first-order valence-corrected chi connectivity index (χ1v) is 5.44. The highest BCUT2D eigenvalue weighted by atomic mass is 16.5. The molecule has 0 atom stereocenters. The van der Waals surface area contributed by atoms with Crippen LogP contribution in [0.15, 0.2) is 24.3 Å². The molecule has 1 rings (SSSR count). The van der Waals surface area contributed by atoms with Gasteiger partial charge in [-0.15, -0.1) is 0 Å². The van der Waals surface area contributed by atoms with E-state index in [4.69, 9.17) is 4.74 Å². The number of carbonyl (C=O) groups excluding carboxylic acids is 1. The Balaban J connectivity index is 2.63. The minimum absolute atomic E-state index is 0.222. The summed E-state index contributed by atoms with van der Waals surface area (Å²) in [5.74, 6) is 1.14. The van der Waals surface area contributed by atoms with E-state index >= 15 is 0 Å². The van der Waals surface area contributed by atoms with E-state index in [1.807, 2.05) is 24.3 Å². The number of benzene rings is 1. The van der Waals surface area contributed by atoms with Gasteiger partial charge >= 0.3 is 0 Å². The minimum Gasteiger partial charge on any atom is -0.493 e. The maximum Gasteiger partial charge on any atom is 0.130 e. The molecule has 1 aromatic carbocycles. The monoisotopic (exact) mass is 206 g/mol. The predicted molar refractivity (Wildman–Crippen MR) is 61.2 cm³/mol. The van der Waals surface area contributed by atoms with Gasteiger partial charge in [-0.1, -0.05) is 25.1 Å². The fraction of sp³-hybridized carbons (Fsp3) is 0.462. The molecule has 0 aliphatic heterocycles. The summed E-state index contributed by atoms with van der Waals surface area (Å²) in [6.45, 7) is 4.44. The van der Waals surface area contributed by atoms with Crippen molar-refractivity contribution in [1.29, 1.82) is 0 Å². The summed E-state index contributed by atoms with van der Waals surface area (Å²) in [6.07, 6.45) is 2.36. The lowest BCUT2D eigenvalue weighted by Gasteiger charge is -2.09. The molecule has 0 aliphatic rings. The van der Waals surface area contributed by atoms with Gasteiger partial charge in [-0.2, -0.15) is 0 Å². The zero-order valence-electron chi connectivity index (χ0n) is 9.45. The third kappa shape index (κ3) is 4.15. The zero-order chi connectivity index (χ0) is 11.1. The molecule has 0 fully saturated rings. The van der Waals surface area contributed by atoms with Gasteiger partial charge in [0, 0.05) is 6.42 Å². The van der Waals surface area contributed by atoms with Gasteiger partial charge in [-0.25, -0.2) is 0 Å². The molecule has 0 spiro atoms. The van der Waals surface area contributed by atoms with Crippen molar-refractivity contribution in [2.75, 3.05) is 6.61 Å². The maximum absolute atomic E-state index is 10.9. The van der Waals surface area contributed by atoms with E-state index in [9.17, 15) is 4.79 Å². The van der Waals surface area contributed by atoms with E-state index in [0.29, 0.717) is 6.42 Å². The number of hydrogen-bond acceptors (Lipinski definition) is 2. The molecule has 82 valence electrons. The number of carbonyl (C=O) groups is 1. The van der Waals surface area contributed by atoms with E-state index in [-0.39, 0.29) is 5.78 Å². The van der Waals surface area contributed by atoms with Gasteiger partial charge in [-0.3, -0.25) is 0 Å². The number of aryl methyl sites for hydroxylation is 1. The Labute approximate surface area is 91.3 Å². The van der Waals surface area contributed by atoms with Gasteiger partial charge in [0.25, 0.3) is 0 Å². The van der Waals surface area contributed by atoms with Crippen LogP contribution in [0, 0.1) is 0 Å². The van der Waals surface area contributed by atoms with E-state index in [1.165, 1.54) is 0 Å². The van der Waals surface area contributed by atoms with Crippen molar-refractivity contribution in [1.82, 2.24) is 0 Å². The normalized spacial score (nSPS) is 10.0. The first-order chi connectivity index (χ1) is 7.24. The molecule has 2 nitrogen and oxygen atoms in total. The molecule has 0 bridgehead atoms. The van der Waals surface area contributed by atoms with Crippen LogP contribution in [0.5, 0.6) is 5.75 Å². The van der Waals surface area contributed by atoms with Gasteiger partial charge in [0.05, 0.1) is 6.61 Å². The molecule has 0 saturated heterocycles. The quantitative estimate of drug-likeness (QED) is 0.715. The fourth-order valence-corrected chi connectivity index (χ4v) is 1.37. The molecule has 0 amide bonds. The van der Waals surface area contributed by atoms with Gasteiger partial charge < -0.3 is 9.53 Å². The first-order valence-electron chi connectivity index (χ1n) is 5.44. The largest absolute Gasteiger partial charge is 0.493 e. The van der Waals surface area contributed by atoms with Crippen LogP contribution in [-0.2, 0) is 11.2 Å². The summed E-state index contributed by atoms with van der Waals surface area (Å²) in [4.78, 5) is 10.9. The second-order valence-corrected chi connectivity index (χ2v) is 3.66. The number of para-hydroxylation sites is 1. The third-order valence-electron chi connectivity index (χ3n) is 2.18. The SMILES string of the molecule is CCCOc1ccccc1CCC(C)=O. The molecule has 0 heterocycles. The molecule has 2 heteroatoms. The number of Topliss-reactive ketones (excluding diaryl/α,β-unsaturated/α-hetero) is 1. The Bertz CT molecular complexity index is 318. The number of rotatable bonds is 6. The third-order valence-corrected chi connectivity index (χ3v) is 2.18. The summed E-state index contributed by atoms with van der Waals surface area (Å²) < 4.78 is 5.61. The highest BCUT2D eigenvalue weighted by Gasteiger charge is 2.03. The second-order valence-electron chi connectivity index (χ2n) is 3.66. The Morgan fingerprint density at radius 3 is 2.73 bits per heavy atom. The molecule has 0 N–H and O–H groups in total. The molecule has 0 aromatic heterocycles. The van der Waals surface area contributed by atoms with Gasteiger partial charge in [0.2, 0.25) is 0 Å². The highest BCUT2D eigenvalue weighted by Crippen LogP contribution is 2.19. The van der Waals surface area contributed by atoms with Crippen LogP contribution < -0.4 is 4.74 Å². The predicted octanol–water partition coefficient (Wildman–Crippen LogP) is 3.00. The maximum atomic E-state index is 10.9. The van der Waals surface area contributed by atoms with Crippen molar-refractivity contribution >= 4 is 5.78 Å². The van der Waals surface area contributed by atoms with Crippen molar-refractivity contribution in [2.24, 2.45) is 0 Å². The summed E-state index contributed by atoms with van der Waals surface area (Å²) in [6, 6.07) is 7.93. The lowest BCUT2D eigenvalue weighted by Crippen LogP contribution is -2.00. The minimum atomic E-state index is 0.222. The fourth-order valence-electron chi connectivity index (χ4n) is 1.37. The van der Waals surface area contributed by atoms with Crippen LogP contribution in [0.1, 0.15) is 32.3 Å². The number of ketones is 1. The van der Waals surface area contributed by atoms with Crippen LogP contribution in [0.3, 0.4) is 0 Å². The van der Waals surface area contributed by atoms with Crippen molar-refractivity contribution in [3.05, 3.63) is 29.8 Å². The number of ether oxygens (including phenoxy) is 1. The summed E-state index contributed by atoms with van der Waals surface area (Å²) in [5.41, 5.74) is 1.13. The van der Waals surface area contributed by atoms with Gasteiger partial charge in [0.1, 0.15) is 11.5 Å². The summed E-state index contributed by atoms with van der Waals surface area (Å²) in [7, 11) is 0. The van der Waals surface area contributed by atoms with Crippen LogP contribution in [0.4, 0.5) is 0 Å². The Morgan fingerprint density at radius 1 is 1.33 bits per heavy atom. The molecule has 0 saturated carbocycles. The van der Waals surface area contributed by atoms with Crippen molar-refractivity contribution in [3.63, 3.8) is 0 Å². The van der Waals surface area contributed by atoms with E-state index < -0.39 is 0 Å². The molecule has 1 aromatic rings. The summed E-state index contributed by atoms with van der Waals surface area (Å²) >= 11 is 0. The smallest absolute Gasteiger partial charge is 0.130 e. The number of hydrogen-bond donors (Lipinski definition) is 0. The van der Waals surface area contributed by atoms with Gasteiger partial charge in [-0.05, 0) is 31.4 Å². The second kappa shape index (κ2) is 6.23. The molecule has 0 aliphatic carbocycles. The van der Waals surface area contributed by atoms with Crippen LogP contribution in [0.25, 0.3) is 0 Å². The Morgan fingerprint density at radius 2 is 2.07 bits per heavy atom. The Hall–Kier alpha value is -1.31.